The van der Waals surface area contributed by atoms with E-state index >= 15 is 0 Å². The number of nitrogens with zero attached hydrogens (tertiary/aromatic N) is 3. The van der Waals surface area contributed by atoms with Gasteiger partial charge in [-0.05, 0) is 25.4 Å². The Kier molecular flexibility index (Phi) is 4.24. The van der Waals surface area contributed by atoms with Gasteiger partial charge in [0, 0.05) is 13.1 Å². The molecule has 0 unspecified atom stereocenters. The van der Waals surface area contributed by atoms with Crippen LogP contribution in [0.2, 0.25) is 5.28 Å². The molecule has 1 rings (SSSR count). The molecule has 0 saturated heterocycles. The first-order chi connectivity index (χ1) is 7.60. The maximum atomic E-state index is 10.9. The molecule has 8 heteroatoms. The summed E-state index contributed by atoms with van der Waals surface area (Å²) in [6.07, 6.45) is 0. The fourth-order valence-electron chi connectivity index (χ4n) is 1.18. The van der Waals surface area contributed by atoms with Crippen LogP contribution in [-0.2, 0) is 0 Å². The summed E-state index contributed by atoms with van der Waals surface area (Å²) in [5.74, 6) is 0.256. The van der Waals surface area contributed by atoms with Gasteiger partial charge in [0.1, 0.15) is 0 Å². The molecule has 1 aromatic rings. The first kappa shape index (κ1) is 12.4. The predicted octanol–water partition coefficient (Wildman–Crippen LogP) is 1.90. The van der Waals surface area contributed by atoms with Gasteiger partial charge in [0.05, 0.1) is 4.92 Å². The van der Waals surface area contributed by atoms with Crippen molar-refractivity contribution in [2.75, 3.05) is 23.7 Å². The lowest BCUT2D eigenvalue weighted by Gasteiger charge is -2.08. The molecule has 0 atom stereocenters. The van der Waals surface area contributed by atoms with Gasteiger partial charge in [0.2, 0.25) is 16.9 Å². The summed E-state index contributed by atoms with van der Waals surface area (Å²) in [5.41, 5.74) is -0.187. The Hall–Kier alpha value is -1.63. The molecule has 0 amide bonds. The third-order valence-corrected chi connectivity index (χ3v) is 1.90. The fraction of sp³-hybridized carbons (Fsp3) is 0.500. The molecular weight excluding hydrogens is 234 g/mol. The lowest BCUT2D eigenvalue weighted by molar-refractivity contribution is -0.383. The van der Waals surface area contributed by atoms with Crippen molar-refractivity contribution < 1.29 is 4.92 Å². The third-order valence-electron chi connectivity index (χ3n) is 1.73. The van der Waals surface area contributed by atoms with E-state index < -0.39 is 4.92 Å². The second-order valence-corrected chi connectivity index (χ2v) is 3.19. The van der Waals surface area contributed by atoms with Crippen molar-refractivity contribution in [3.63, 3.8) is 0 Å². The van der Waals surface area contributed by atoms with E-state index in [9.17, 15) is 10.1 Å². The molecule has 0 saturated carbocycles. The second-order valence-electron chi connectivity index (χ2n) is 2.86. The van der Waals surface area contributed by atoms with Crippen molar-refractivity contribution in [2.24, 2.45) is 0 Å². The Morgan fingerprint density at radius 3 is 2.00 bits per heavy atom. The van der Waals surface area contributed by atoms with Gasteiger partial charge in [-0.2, -0.15) is 9.97 Å². The predicted molar refractivity (Wildman–Crippen MR) is 62.0 cm³/mol. The van der Waals surface area contributed by atoms with Crippen LogP contribution in [-0.4, -0.2) is 28.0 Å². The smallest absolute Gasteiger partial charge is 0.353 e. The van der Waals surface area contributed by atoms with Crippen molar-refractivity contribution >= 4 is 28.9 Å². The molecule has 0 bridgehead atoms. The molecule has 16 heavy (non-hydrogen) atoms. The van der Waals surface area contributed by atoms with Crippen molar-refractivity contribution in [3.05, 3.63) is 15.4 Å². The average molecular weight is 246 g/mol. The van der Waals surface area contributed by atoms with Gasteiger partial charge in [0.15, 0.2) is 0 Å². The van der Waals surface area contributed by atoms with Gasteiger partial charge in [-0.1, -0.05) is 0 Å². The minimum Gasteiger partial charge on any atom is -0.364 e. The van der Waals surface area contributed by atoms with Gasteiger partial charge >= 0.3 is 5.69 Å². The van der Waals surface area contributed by atoms with Gasteiger partial charge in [-0.3, -0.25) is 10.1 Å². The highest BCUT2D eigenvalue weighted by atomic mass is 35.5. The molecule has 0 aromatic carbocycles. The van der Waals surface area contributed by atoms with Crippen LogP contribution in [0.3, 0.4) is 0 Å². The third kappa shape index (κ3) is 2.69. The van der Waals surface area contributed by atoms with Crippen LogP contribution in [0.4, 0.5) is 17.3 Å². The van der Waals surface area contributed by atoms with E-state index in [0.717, 1.165) is 0 Å². The quantitative estimate of drug-likeness (QED) is 0.468. The molecule has 1 aromatic heterocycles. The minimum atomic E-state index is -0.535. The topological polar surface area (TPSA) is 93.0 Å². The zero-order valence-electron chi connectivity index (χ0n) is 8.95. The summed E-state index contributed by atoms with van der Waals surface area (Å²) in [5, 5.41) is 16.4. The first-order valence-corrected chi connectivity index (χ1v) is 5.17. The molecule has 0 aliphatic heterocycles. The summed E-state index contributed by atoms with van der Waals surface area (Å²) in [6, 6.07) is 0. The van der Waals surface area contributed by atoms with E-state index in [1.165, 1.54) is 0 Å². The Balaban J connectivity index is 3.29. The maximum absolute atomic E-state index is 10.9. The van der Waals surface area contributed by atoms with E-state index in [0.29, 0.717) is 13.1 Å². The zero-order chi connectivity index (χ0) is 12.1. The maximum Gasteiger partial charge on any atom is 0.353 e. The number of nitro groups is 1. The lowest BCUT2D eigenvalue weighted by Crippen LogP contribution is -2.10. The van der Waals surface area contributed by atoms with Crippen LogP contribution in [0, 0.1) is 10.1 Å². The van der Waals surface area contributed by atoms with E-state index in [4.69, 9.17) is 11.6 Å². The normalized spacial score (nSPS) is 9.94. The Labute approximate surface area is 97.4 Å². The number of nitrogens with one attached hydrogen (secondary N) is 2. The highest BCUT2D eigenvalue weighted by Crippen LogP contribution is 2.30. The van der Waals surface area contributed by atoms with Gasteiger partial charge < -0.3 is 10.6 Å². The highest BCUT2D eigenvalue weighted by molar-refractivity contribution is 6.28. The molecule has 7 nitrogen and oxygen atoms in total. The van der Waals surface area contributed by atoms with Crippen molar-refractivity contribution in [3.8, 4) is 0 Å². The fourth-order valence-corrected chi connectivity index (χ4v) is 1.35. The number of hydrogen-bond donors (Lipinski definition) is 2. The number of hydrogen-bond acceptors (Lipinski definition) is 6. The first-order valence-electron chi connectivity index (χ1n) is 4.79. The molecule has 0 spiro atoms. The second kappa shape index (κ2) is 5.45. The SMILES string of the molecule is CCNc1nc(Cl)nc(NCC)c1[N+](=O)[O-]. The van der Waals surface area contributed by atoms with Crippen LogP contribution in [0.5, 0.6) is 0 Å². The molecule has 88 valence electrons. The van der Waals surface area contributed by atoms with Crippen molar-refractivity contribution in [1.82, 2.24) is 9.97 Å². The standard InChI is InChI=1S/C8H12ClN5O2/c1-3-10-6-5(14(15)16)7(11-4-2)13-8(9)12-6/h3-4H2,1-2H3,(H2,10,11,12,13). The summed E-state index contributed by atoms with van der Waals surface area (Å²) in [7, 11) is 0. The zero-order valence-corrected chi connectivity index (χ0v) is 9.71. The number of anilines is 2. The van der Waals surface area contributed by atoms with E-state index in [1.54, 1.807) is 0 Å². The molecule has 0 fully saturated rings. The Bertz CT molecular complexity index is 371. The van der Waals surface area contributed by atoms with Crippen molar-refractivity contribution in [1.29, 1.82) is 0 Å². The summed E-state index contributed by atoms with van der Waals surface area (Å²) < 4.78 is 0. The van der Waals surface area contributed by atoms with Gasteiger partial charge in [-0.25, -0.2) is 0 Å². The molecule has 1 heterocycles. The highest BCUT2D eigenvalue weighted by Gasteiger charge is 2.23. The summed E-state index contributed by atoms with van der Waals surface area (Å²) in [6.45, 7) is 4.65. The number of aromatic nitrogens is 2. The monoisotopic (exact) mass is 245 g/mol. The van der Waals surface area contributed by atoms with Crippen LogP contribution in [0.25, 0.3) is 0 Å². The Morgan fingerprint density at radius 2 is 1.69 bits per heavy atom. The van der Waals surface area contributed by atoms with E-state index in [2.05, 4.69) is 20.6 Å². The summed E-state index contributed by atoms with van der Waals surface area (Å²) in [4.78, 5) is 17.9. The average Bonchev–Trinajstić information content (AvgIpc) is 2.17. The van der Waals surface area contributed by atoms with Gasteiger partial charge in [0.25, 0.3) is 0 Å². The number of rotatable bonds is 5. The van der Waals surface area contributed by atoms with Gasteiger partial charge in [-0.15, -0.1) is 0 Å². The van der Waals surface area contributed by atoms with Crippen LogP contribution < -0.4 is 10.6 Å². The van der Waals surface area contributed by atoms with Crippen LogP contribution >= 0.6 is 11.6 Å². The molecule has 2 N–H and O–H groups in total. The summed E-state index contributed by atoms with van der Waals surface area (Å²) >= 11 is 5.67. The minimum absolute atomic E-state index is 0.0301. The van der Waals surface area contributed by atoms with Crippen LogP contribution in [0.15, 0.2) is 0 Å². The Morgan fingerprint density at radius 1 is 1.25 bits per heavy atom. The largest absolute Gasteiger partial charge is 0.364 e. The van der Waals surface area contributed by atoms with E-state index in [-0.39, 0.29) is 22.6 Å². The molecule has 0 aliphatic rings. The molecule has 0 radical (unpaired) electrons. The van der Waals surface area contributed by atoms with Crippen LogP contribution in [0.1, 0.15) is 13.8 Å². The van der Waals surface area contributed by atoms with Crippen molar-refractivity contribution in [2.45, 2.75) is 13.8 Å². The lowest BCUT2D eigenvalue weighted by atomic mass is 10.4. The number of halogens is 1. The molecule has 0 aliphatic carbocycles. The molecular formula is C8H12ClN5O2. The van der Waals surface area contributed by atoms with E-state index in [1.807, 2.05) is 13.8 Å².